The Balaban J connectivity index is 2.32. The summed E-state index contributed by atoms with van der Waals surface area (Å²) in [5.74, 6) is -0.274. The lowest BCUT2D eigenvalue weighted by Gasteiger charge is -2.12. The quantitative estimate of drug-likeness (QED) is 0.877. The summed E-state index contributed by atoms with van der Waals surface area (Å²) in [5.41, 5.74) is 0.937. The molecule has 0 aliphatic rings. The Morgan fingerprint density at radius 3 is 2.71 bits per heavy atom. The van der Waals surface area contributed by atoms with Crippen molar-refractivity contribution in [3.63, 3.8) is 0 Å². The van der Waals surface area contributed by atoms with E-state index in [9.17, 15) is 9.18 Å². The zero-order chi connectivity index (χ0) is 15.4. The smallest absolute Gasteiger partial charge is 0.257 e. The van der Waals surface area contributed by atoms with Gasteiger partial charge in [-0.3, -0.25) is 4.79 Å². The maximum atomic E-state index is 13.7. The summed E-state index contributed by atoms with van der Waals surface area (Å²) in [6.07, 6.45) is 0. The molecule has 0 saturated heterocycles. The topological polar surface area (TPSA) is 50.4 Å². The van der Waals surface area contributed by atoms with E-state index in [-0.39, 0.29) is 11.3 Å². The number of halogens is 2. The van der Waals surface area contributed by atoms with E-state index in [1.807, 2.05) is 0 Å². The van der Waals surface area contributed by atoms with E-state index >= 15 is 0 Å². The monoisotopic (exact) mass is 352 g/mol. The van der Waals surface area contributed by atoms with E-state index < -0.39 is 11.7 Å². The summed E-state index contributed by atoms with van der Waals surface area (Å²) >= 11 is 3.35. The van der Waals surface area contributed by atoms with Crippen LogP contribution in [0.5, 0.6) is 5.75 Å². The van der Waals surface area contributed by atoms with Crippen molar-refractivity contribution in [1.82, 2.24) is 0 Å². The van der Waals surface area contributed by atoms with Gasteiger partial charge in [0.2, 0.25) is 0 Å². The summed E-state index contributed by atoms with van der Waals surface area (Å²) in [6.45, 7) is 0. The first-order chi connectivity index (χ1) is 10.1. The third-order valence-electron chi connectivity index (χ3n) is 2.93. The number of carbonyl (C=O) groups excluding carboxylic acids is 1. The molecule has 2 rings (SSSR count). The maximum Gasteiger partial charge on any atom is 0.257 e. The molecule has 2 aromatic carbocycles. The van der Waals surface area contributed by atoms with Gasteiger partial charge in [0.05, 0.1) is 24.0 Å². The van der Waals surface area contributed by atoms with Gasteiger partial charge in [-0.05, 0) is 40.2 Å². The molecule has 2 aromatic rings. The second kappa shape index (κ2) is 6.58. The largest absolute Gasteiger partial charge is 0.497 e. The lowest BCUT2D eigenvalue weighted by molar-refractivity contribution is 0.102. The molecule has 4 nitrogen and oxygen atoms in total. The molecular weight excluding hydrogens is 339 g/mol. The van der Waals surface area contributed by atoms with Crippen molar-refractivity contribution in [2.24, 2.45) is 0 Å². The molecule has 0 saturated carbocycles. The van der Waals surface area contributed by atoms with Crippen molar-refractivity contribution in [2.45, 2.75) is 0 Å². The van der Waals surface area contributed by atoms with Crippen molar-refractivity contribution in [3.05, 3.63) is 52.3 Å². The van der Waals surface area contributed by atoms with Gasteiger partial charge in [-0.2, -0.15) is 0 Å². The van der Waals surface area contributed by atoms with E-state index in [0.717, 1.165) is 0 Å². The van der Waals surface area contributed by atoms with Crippen LogP contribution in [0.1, 0.15) is 10.4 Å². The van der Waals surface area contributed by atoms with E-state index in [1.165, 1.54) is 12.1 Å². The zero-order valence-electron chi connectivity index (χ0n) is 11.5. The van der Waals surface area contributed by atoms with Gasteiger partial charge < -0.3 is 15.4 Å². The van der Waals surface area contributed by atoms with Gasteiger partial charge in [-0.1, -0.05) is 6.07 Å². The number of ether oxygens (including phenoxy) is 1. The number of para-hydroxylation sites is 1. The lowest BCUT2D eigenvalue weighted by Crippen LogP contribution is -2.15. The molecule has 0 aliphatic heterocycles. The van der Waals surface area contributed by atoms with Gasteiger partial charge in [-0.25, -0.2) is 4.39 Å². The minimum Gasteiger partial charge on any atom is -0.497 e. The van der Waals surface area contributed by atoms with E-state index in [4.69, 9.17) is 4.74 Å². The first kappa shape index (κ1) is 15.3. The van der Waals surface area contributed by atoms with Crippen LogP contribution in [-0.2, 0) is 0 Å². The SMILES string of the molecule is CNc1c(F)cccc1C(=O)Nc1cc(OC)ccc1Br. The summed E-state index contributed by atoms with van der Waals surface area (Å²) in [6, 6.07) is 9.55. The van der Waals surface area contributed by atoms with Crippen LogP contribution in [0, 0.1) is 5.82 Å². The summed E-state index contributed by atoms with van der Waals surface area (Å²) < 4.78 is 19.5. The second-order valence-corrected chi connectivity index (χ2v) is 5.07. The molecule has 6 heteroatoms. The molecule has 0 spiro atoms. The molecule has 0 fully saturated rings. The number of nitrogens with one attached hydrogen (secondary N) is 2. The maximum absolute atomic E-state index is 13.7. The van der Waals surface area contributed by atoms with Gasteiger partial charge in [0.25, 0.3) is 5.91 Å². The molecule has 0 bridgehead atoms. The Morgan fingerprint density at radius 2 is 2.05 bits per heavy atom. The van der Waals surface area contributed by atoms with Crippen LogP contribution in [0.4, 0.5) is 15.8 Å². The minimum absolute atomic E-state index is 0.161. The van der Waals surface area contributed by atoms with Crippen molar-refractivity contribution in [2.75, 3.05) is 24.8 Å². The molecule has 1 amide bonds. The van der Waals surface area contributed by atoms with Crippen LogP contribution < -0.4 is 15.4 Å². The first-order valence-electron chi connectivity index (χ1n) is 6.18. The highest BCUT2D eigenvalue weighted by atomic mass is 79.9. The van der Waals surface area contributed by atoms with Crippen LogP contribution in [-0.4, -0.2) is 20.1 Å². The molecule has 0 unspecified atom stereocenters. The fourth-order valence-corrected chi connectivity index (χ4v) is 2.23. The predicted octanol–water partition coefficient (Wildman–Crippen LogP) is 3.89. The van der Waals surface area contributed by atoms with E-state index in [0.29, 0.717) is 15.9 Å². The van der Waals surface area contributed by atoms with Gasteiger partial charge in [0.15, 0.2) is 0 Å². The number of benzene rings is 2. The first-order valence-corrected chi connectivity index (χ1v) is 6.97. The number of hydrogen-bond acceptors (Lipinski definition) is 3. The van der Waals surface area contributed by atoms with Crippen LogP contribution in [0.2, 0.25) is 0 Å². The average molecular weight is 353 g/mol. The third-order valence-corrected chi connectivity index (χ3v) is 3.62. The normalized spacial score (nSPS) is 10.1. The minimum atomic E-state index is -0.477. The fourth-order valence-electron chi connectivity index (χ4n) is 1.88. The summed E-state index contributed by atoms with van der Waals surface area (Å²) in [5, 5.41) is 5.43. The predicted molar refractivity (Wildman–Crippen MR) is 84.6 cm³/mol. The Kier molecular flexibility index (Phi) is 4.80. The van der Waals surface area contributed by atoms with Gasteiger partial charge in [-0.15, -0.1) is 0 Å². The molecule has 0 aromatic heterocycles. The highest BCUT2D eigenvalue weighted by Gasteiger charge is 2.15. The number of carbonyl (C=O) groups is 1. The number of hydrogen-bond donors (Lipinski definition) is 2. The zero-order valence-corrected chi connectivity index (χ0v) is 13.1. The standard InChI is InChI=1S/C15H14BrFN2O2/c1-18-14-10(4-3-5-12(14)17)15(20)19-13-8-9(21-2)6-7-11(13)16/h3-8,18H,1-2H3,(H,19,20). The fraction of sp³-hybridized carbons (Fsp3) is 0.133. The second-order valence-electron chi connectivity index (χ2n) is 4.21. The molecule has 0 heterocycles. The number of amides is 1. The Hall–Kier alpha value is -2.08. The molecule has 0 aliphatic carbocycles. The summed E-state index contributed by atoms with van der Waals surface area (Å²) in [4.78, 5) is 12.3. The van der Waals surface area contributed by atoms with Crippen molar-refractivity contribution in [1.29, 1.82) is 0 Å². The third kappa shape index (κ3) is 3.33. The van der Waals surface area contributed by atoms with Crippen LogP contribution >= 0.6 is 15.9 Å². The molecule has 0 radical (unpaired) electrons. The van der Waals surface area contributed by atoms with Crippen LogP contribution in [0.15, 0.2) is 40.9 Å². The Morgan fingerprint density at radius 1 is 1.29 bits per heavy atom. The van der Waals surface area contributed by atoms with Crippen LogP contribution in [0.3, 0.4) is 0 Å². The molecular formula is C15H14BrFN2O2. The lowest BCUT2D eigenvalue weighted by atomic mass is 10.1. The number of anilines is 2. The number of methoxy groups -OCH3 is 1. The summed E-state index contributed by atoms with van der Waals surface area (Å²) in [7, 11) is 3.11. The van der Waals surface area contributed by atoms with Gasteiger partial charge >= 0.3 is 0 Å². The van der Waals surface area contributed by atoms with E-state index in [1.54, 1.807) is 38.4 Å². The molecule has 2 N–H and O–H groups in total. The number of rotatable bonds is 4. The average Bonchev–Trinajstić information content (AvgIpc) is 2.49. The molecule has 21 heavy (non-hydrogen) atoms. The van der Waals surface area contributed by atoms with Crippen molar-refractivity contribution in [3.8, 4) is 5.75 Å². The molecule has 110 valence electrons. The Labute approximate surface area is 130 Å². The van der Waals surface area contributed by atoms with Crippen molar-refractivity contribution >= 4 is 33.2 Å². The highest BCUT2D eigenvalue weighted by Crippen LogP contribution is 2.28. The highest BCUT2D eigenvalue weighted by molar-refractivity contribution is 9.10. The Bertz CT molecular complexity index is 677. The molecule has 0 atom stereocenters. The van der Waals surface area contributed by atoms with Gasteiger partial charge in [0, 0.05) is 17.6 Å². The van der Waals surface area contributed by atoms with Crippen LogP contribution in [0.25, 0.3) is 0 Å². The van der Waals surface area contributed by atoms with Gasteiger partial charge in [0.1, 0.15) is 11.6 Å². The van der Waals surface area contributed by atoms with E-state index in [2.05, 4.69) is 26.6 Å². The van der Waals surface area contributed by atoms with Crippen molar-refractivity contribution < 1.29 is 13.9 Å².